The van der Waals surface area contributed by atoms with Gasteiger partial charge in [0.2, 0.25) is 0 Å². The Labute approximate surface area is 233 Å². The Hall–Kier alpha value is -3.54. The third-order valence-electron chi connectivity index (χ3n) is 6.01. The predicted octanol–water partition coefficient (Wildman–Crippen LogP) is 3.50. The topological polar surface area (TPSA) is 173 Å². The summed E-state index contributed by atoms with van der Waals surface area (Å²) in [7, 11) is -2.45. The van der Waals surface area contributed by atoms with Crippen molar-refractivity contribution in [3.63, 3.8) is 0 Å². The minimum absolute atomic E-state index is 0.183. The van der Waals surface area contributed by atoms with Gasteiger partial charge in [-0.25, -0.2) is 20.0 Å². The number of anilines is 1. The molecule has 0 radical (unpaired) electrons. The number of hydrogen-bond acceptors (Lipinski definition) is 10. The summed E-state index contributed by atoms with van der Waals surface area (Å²) in [6.45, 7) is 7.46. The zero-order valence-electron chi connectivity index (χ0n) is 23.5. The molecule has 0 aliphatic carbocycles. The molecular weight excluding hydrogens is 537 g/mol. The summed E-state index contributed by atoms with van der Waals surface area (Å²) in [6, 6.07) is 6.55. The molecule has 4 N–H and O–H groups in total. The number of amides is 1. The van der Waals surface area contributed by atoms with Crippen LogP contribution in [0.1, 0.15) is 57.3 Å². The molecule has 0 saturated heterocycles. The second-order valence-corrected chi connectivity index (χ2v) is 12.1. The van der Waals surface area contributed by atoms with Crippen molar-refractivity contribution in [2.24, 2.45) is 0 Å². The lowest BCUT2D eigenvalue weighted by Gasteiger charge is -2.31. The number of unbranched alkanes of at least 4 members (excludes halogenated alkanes) is 2. The molecule has 0 saturated carbocycles. The zero-order chi connectivity index (χ0) is 29.3. The first-order chi connectivity index (χ1) is 19.0. The fourth-order valence-corrected chi connectivity index (χ4v) is 6.03. The molecule has 13 nitrogen and oxygen atoms in total. The van der Waals surface area contributed by atoms with Crippen molar-refractivity contribution in [1.82, 2.24) is 29.7 Å². The van der Waals surface area contributed by atoms with Crippen molar-refractivity contribution >= 4 is 36.3 Å². The van der Waals surface area contributed by atoms with Crippen LogP contribution in [0.2, 0.25) is 0 Å². The van der Waals surface area contributed by atoms with Gasteiger partial charge in [0.15, 0.2) is 11.5 Å². The van der Waals surface area contributed by atoms with Crippen LogP contribution in [0.4, 0.5) is 5.82 Å². The molecule has 2 aromatic heterocycles. The van der Waals surface area contributed by atoms with Gasteiger partial charge in [0.25, 0.3) is 13.4 Å². The van der Waals surface area contributed by atoms with Crippen molar-refractivity contribution in [1.29, 1.82) is 0 Å². The van der Waals surface area contributed by atoms with Gasteiger partial charge in [0.05, 0.1) is 38.3 Å². The normalized spacial score (nSPS) is 13.9. The number of imidazole rings is 1. The van der Waals surface area contributed by atoms with E-state index in [2.05, 4.69) is 25.1 Å². The van der Waals surface area contributed by atoms with E-state index in [9.17, 15) is 14.2 Å². The summed E-state index contributed by atoms with van der Waals surface area (Å²) in [6.07, 6.45) is 4.63. The average molecular weight is 576 g/mol. The number of hydrogen-bond donors (Lipinski definition) is 3. The highest BCUT2D eigenvalue weighted by molar-refractivity contribution is 7.60. The Morgan fingerprint density at radius 2 is 1.93 bits per heavy atom. The quantitative estimate of drug-likeness (QED) is 0.137. The zero-order valence-corrected chi connectivity index (χ0v) is 24.4. The van der Waals surface area contributed by atoms with E-state index in [0.717, 1.165) is 19.3 Å². The van der Waals surface area contributed by atoms with E-state index in [-0.39, 0.29) is 18.0 Å². The van der Waals surface area contributed by atoms with Crippen molar-refractivity contribution in [3.8, 4) is 5.75 Å². The minimum atomic E-state index is -3.89. The number of ether oxygens (including phenoxy) is 3. The lowest BCUT2D eigenvalue weighted by Crippen LogP contribution is -2.49. The van der Waals surface area contributed by atoms with Crippen LogP contribution in [0.15, 0.2) is 36.9 Å². The van der Waals surface area contributed by atoms with Gasteiger partial charge in [0.1, 0.15) is 29.5 Å². The van der Waals surface area contributed by atoms with Crippen molar-refractivity contribution in [3.05, 3.63) is 42.5 Å². The number of nitrogens with zero attached hydrogens (tertiary/aromatic N) is 4. The number of nitrogen functional groups attached to an aromatic ring is 1. The molecule has 1 unspecified atom stereocenters. The van der Waals surface area contributed by atoms with Gasteiger partial charge in [-0.15, -0.1) is 0 Å². The molecule has 0 aliphatic heterocycles. The number of nitrogens with two attached hydrogens (primary N) is 1. The molecule has 1 aromatic carbocycles. The molecule has 0 bridgehead atoms. The summed E-state index contributed by atoms with van der Waals surface area (Å²) >= 11 is 0. The monoisotopic (exact) mass is 575 g/mol. The van der Waals surface area contributed by atoms with E-state index in [0.29, 0.717) is 23.5 Å². The van der Waals surface area contributed by atoms with Crippen LogP contribution in [0.3, 0.4) is 0 Å². The summed E-state index contributed by atoms with van der Waals surface area (Å²) in [5.41, 5.74) is 5.65. The molecular formula is C26H38N7O6P. The number of fused-ring (bicyclic) bond motifs is 1. The first-order valence-electron chi connectivity index (χ1n) is 13.0. The smallest absolute Gasteiger partial charge is 0.326 e. The van der Waals surface area contributed by atoms with Gasteiger partial charge in [-0.05, 0) is 39.3 Å². The Balaban J connectivity index is 1.77. The number of methoxy groups -OCH3 is 1. The predicted molar refractivity (Wildman–Crippen MR) is 151 cm³/mol. The van der Waals surface area contributed by atoms with E-state index in [1.54, 1.807) is 55.9 Å². The molecule has 14 heteroatoms. The van der Waals surface area contributed by atoms with Crippen LogP contribution in [0.5, 0.6) is 5.75 Å². The first kappa shape index (κ1) is 31.0. The van der Waals surface area contributed by atoms with Crippen LogP contribution < -0.4 is 20.6 Å². The highest BCUT2D eigenvalue weighted by Crippen LogP contribution is 2.40. The van der Waals surface area contributed by atoms with Gasteiger partial charge < -0.3 is 24.5 Å². The minimum Gasteiger partial charge on any atom is -0.496 e. The first-order valence-corrected chi connectivity index (χ1v) is 14.9. The van der Waals surface area contributed by atoms with E-state index < -0.39 is 37.3 Å². The van der Waals surface area contributed by atoms with Gasteiger partial charge in [-0.2, -0.15) is 0 Å². The second kappa shape index (κ2) is 13.7. The Bertz CT molecular complexity index is 1360. The number of para-hydroxylation sites is 1. The number of rotatable bonds is 15. The molecule has 0 fully saturated rings. The third-order valence-corrected chi connectivity index (χ3v) is 8.01. The van der Waals surface area contributed by atoms with Gasteiger partial charge in [-0.3, -0.25) is 19.2 Å². The van der Waals surface area contributed by atoms with E-state index in [1.807, 2.05) is 6.92 Å². The van der Waals surface area contributed by atoms with E-state index >= 15 is 0 Å². The lowest BCUT2D eigenvalue weighted by atomic mass is 10.1. The maximum Gasteiger partial charge on any atom is 0.326 e. The van der Waals surface area contributed by atoms with Crippen molar-refractivity contribution < 1.29 is 28.4 Å². The summed E-state index contributed by atoms with van der Waals surface area (Å²) in [5.74, 6) is -0.674. The summed E-state index contributed by atoms with van der Waals surface area (Å²) in [5, 5.41) is 5.39. The van der Waals surface area contributed by atoms with E-state index in [1.165, 1.54) is 13.4 Å². The molecule has 218 valence electrons. The average Bonchev–Trinajstić information content (AvgIpc) is 3.33. The number of carbonyl (C=O) groups excluding carboxylic acids is 2. The van der Waals surface area contributed by atoms with Crippen molar-refractivity contribution in [2.45, 2.75) is 65.1 Å². The molecule has 3 aromatic rings. The molecule has 3 rings (SSSR count). The second-order valence-electron chi connectivity index (χ2n) is 9.90. The Morgan fingerprint density at radius 1 is 1.18 bits per heavy atom. The molecule has 40 heavy (non-hydrogen) atoms. The third kappa shape index (κ3) is 8.00. The summed E-state index contributed by atoms with van der Waals surface area (Å²) < 4.78 is 32.5. The Morgan fingerprint density at radius 3 is 2.65 bits per heavy atom. The fourth-order valence-electron chi connectivity index (χ4n) is 3.94. The van der Waals surface area contributed by atoms with Crippen LogP contribution in [0, 0.1) is 0 Å². The van der Waals surface area contributed by atoms with Gasteiger partial charge in [0, 0.05) is 0 Å². The number of esters is 1. The SMILES string of the molecule is CCCCCOC(=O)C(C)(C)NP(=O)(CO[C@H](C)Cn1cnc2c(N)ncnc21)NC(=O)c1ccccc1OC. The van der Waals surface area contributed by atoms with Crippen LogP contribution in [-0.4, -0.2) is 63.1 Å². The van der Waals surface area contributed by atoms with Gasteiger partial charge >= 0.3 is 5.97 Å². The molecule has 0 spiro atoms. The molecule has 2 heterocycles. The standard InChI is InChI=1S/C26H38N7O6P/c1-6-7-10-13-38-25(35)26(3,4)32-40(36,31-24(34)19-11-8-9-12-20(19)37-5)17-39-18(2)14-33-16-30-21-22(27)28-15-29-23(21)33/h8-9,11-12,15-16,18H,6-7,10,13-14,17H2,1-5H3,(H2,27,28,29)(H2,31,32,34,36)/t18-,40?/m1/s1. The van der Waals surface area contributed by atoms with Crippen LogP contribution >= 0.6 is 7.44 Å². The highest BCUT2D eigenvalue weighted by atomic mass is 31.2. The van der Waals surface area contributed by atoms with E-state index in [4.69, 9.17) is 19.9 Å². The highest BCUT2D eigenvalue weighted by Gasteiger charge is 2.39. The maximum absolute atomic E-state index is 14.2. The maximum atomic E-state index is 14.2. The number of nitrogens with one attached hydrogen (secondary N) is 2. The number of carbonyl (C=O) groups is 2. The van der Waals surface area contributed by atoms with Crippen LogP contribution in [0.25, 0.3) is 11.2 Å². The molecule has 1 amide bonds. The Kier molecular flexibility index (Phi) is 10.6. The number of aromatic nitrogens is 4. The molecule has 0 aliphatic rings. The number of benzene rings is 1. The summed E-state index contributed by atoms with van der Waals surface area (Å²) in [4.78, 5) is 38.5. The van der Waals surface area contributed by atoms with Crippen molar-refractivity contribution in [2.75, 3.05) is 25.8 Å². The van der Waals surface area contributed by atoms with Gasteiger partial charge in [-0.1, -0.05) is 31.9 Å². The lowest BCUT2D eigenvalue weighted by molar-refractivity contribution is -0.149. The van der Waals surface area contributed by atoms with Crippen LogP contribution in [-0.2, 0) is 25.4 Å². The fraction of sp³-hybridized carbons (Fsp3) is 0.500. The largest absolute Gasteiger partial charge is 0.496 e. The molecule has 2 atom stereocenters.